The molecular weight excluding hydrogens is 244 g/mol. The lowest BCUT2D eigenvalue weighted by Gasteiger charge is -2.26. The van der Waals surface area contributed by atoms with Crippen LogP contribution in [0, 0.1) is 5.92 Å². The summed E-state index contributed by atoms with van der Waals surface area (Å²) in [6.07, 6.45) is 7.48. The maximum absolute atomic E-state index is 11.5. The molecule has 2 N–H and O–H groups in total. The van der Waals surface area contributed by atoms with Crippen LogP contribution in [0.25, 0.3) is 0 Å². The van der Waals surface area contributed by atoms with Crippen molar-refractivity contribution >= 4 is 17.4 Å². The molecule has 3 rings (SSSR count). The molecule has 2 saturated carbocycles. The van der Waals surface area contributed by atoms with E-state index >= 15 is 0 Å². The van der Waals surface area contributed by atoms with Crippen molar-refractivity contribution in [3.05, 3.63) is 16.1 Å². The van der Waals surface area contributed by atoms with Gasteiger partial charge in [-0.3, -0.25) is 4.79 Å². The molecule has 4 heteroatoms. The molecule has 1 aromatic heterocycles. The van der Waals surface area contributed by atoms with E-state index in [-0.39, 0.29) is 5.91 Å². The maximum Gasteiger partial charge on any atom is 0.260 e. The van der Waals surface area contributed by atoms with Crippen molar-refractivity contribution in [1.82, 2.24) is 4.37 Å². The Morgan fingerprint density at radius 1 is 1.28 bits per heavy atom. The molecule has 1 amide bonds. The molecule has 0 bridgehead atoms. The number of primary amides is 1. The molecule has 1 aromatic rings. The summed E-state index contributed by atoms with van der Waals surface area (Å²) < 4.78 is 4.60. The van der Waals surface area contributed by atoms with Gasteiger partial charge in [0.1, 0.15) is 4.88 Å². The number of hydrogen-bond acceptors (Lipinski definition) is 3. The Kier molecular flexibility index (Phi) is 3.14. The summed E-state index contributed by atoms with van der Waals surface area (Å²) in [4.78, 5) is 12.2. The Balaban J connectivity index is 1.93. The third-order valence-electron chi connectivity index (χ3n) is 4.29. The average molecular weight is 264 g/mol. The molecule has 1 heterocycles. The van der Waals surface area contributed by atoms with Crippen LogP contribution in [-0.4, -0.2) is 10.3 Å². The van der Waals surface area contributed by atoms with E-state index in [0.29, 0.717) is 11.8 Å². The first-order chi connectivity index (χ1) is 8.66. The summed E-state index contributed by atoms with van der Waals surface area (Å²) >= 11 is 1.32. The second kappa shape index (κ2) is 4.65. The van der Waals surface area contributed by atoms with E-state index in [1.165, 1.54) is 61.3 Å². The molecule has 2 fully saturated rings. The number of aromatic nitrogens is 1. The lowest BCUT2D eigenvalue weighted by Crippen LogP contribution is -2.15. The van der Waals surface area contributed by atoms with Crippen LogP contribution in [0.3, 0.4) is 0 Å². The minimum Gasteiger partial charge on any atom is -0.365 e. The van der Waals surface area contributed by atoms with Gasteiger partial charge in [-0.1, -0.05) is 19.8 Å². The molecule has 0 aromatic carbocycles. The van der Waals surface area contributed by atoms with Crippen LogP contribution < -0.4 is 5.73 Å². The quantitative estimate of drug-likeness (QED) is 0.909. The highest BCUT2D eigenvalue weighted by atomic mass is 32.1. The Bertz CT molecular complexity index is 464. The van der Waals surface area contributed by atoms with Crippen molar-refractivity contribution in [1.29, 1.82) is 0 Å². The summed E-state index contributed by atoms with van der Waals surface area (Å²) in [7, 11) is 0. The van der Waals surface area contributed by atoms with Gasteiger partial charge < -0.3 is 5.73 Å². The van der Waals surface area contributed by atoms with Gasteiger partial charge in [0.15, 0.2) is 0 Å². The lowest BCUT2D eigenvalue weighted by atomic mass is 9.79. The van der Waals surface area contributed by atoms with Crippen LogP contribution in [0.15, 0.2) is 0 Å². The third-order valence-corrected chi connectivity index (χ3v) is 5.18. The van der Waals surface area contributed by atoms with Gasteiger partial charge in [0, 0.05) is 11.5 Å². The van der Waals surface area contributed by atoms with E-state index in [9.17, 15) is 4.79 Å². The molecule has 2 atom stereocenters. The summed E-state index contributed by atoms with van der Waals surface area (Å²) in [6, 6.07) is 0. The molecular formula is C14H20N2OS. The predicted octanol–water partition coefficient (Wildman–Crippen LogP) is 3.41. The van der Waals surface area contributed by atoms with Gasteiger partial charge in [-0.15, -0.1) is 0 Å². The zero-order valence-electron chi connectivity index (χ0n) is 10.8. The minimum absolute atomic E-state index is 0.287. The fourth-order valence-corrected chi connectivity index (χ4v) is 4.13. The zero-order chi connectivity index (χ0) is 12.7. The molecule has 0 aliphatic heterocycles. The second-order valence-electron chi connectivity index (χ2n) is 5.92. The van der Waals surface area contributed by atoms with E-state index in [1.807, 2.05) is 0 Å². The largest absolute Gasteiger partial charge is 0.365 e. The summed E-state index contributed by atoms with van der Waals surface area (Å²) in [5.41, 5.74) is 7.91. The molecule has 3 nitrogen and oxygen atoms in total. The second-order valence-corrected chi connectivity index (χ2v) is 6.69. The van der Waals surface area contributed by atoms with Crippen LogP contribution in [0.4, 0.5) is 0 Å². The topological polar surface area (TPSA) is 56.0 Å². The Hall–Kier alpha value is -0.900. The lowest BCUT2D eigenvalue weighted by molar-refractivity contribution is 0.100. The number of rotatable bonds is 3. The number of nitrogens with zero attached hydrogens (tertiary/aromatic N) is 1. The van der Waals surface area contributed by atoms with Gasteiger partial charge in [-0.2, -0.15) is 4.37 Å². The van der Waals surface area contributed by atoms with Gasteiger partial charge in [0.2, 0.25) is 0 Å². The highest BCUT2D eigenvalue weighted by Crippen LogP contribution is 2.48. The van der Waals surface area contributed by atoms with Gasteiger partial charge in [-0.05, 0) is 49.1 Å². The molecule has 98 valence electrons. The smallest absolute Gasteiger partial charge is 0.260 e. The van der Waals surface area contributed by atoms with E-state index in [0.717, 1.165) is 10.8 Å². The Morgan fingerprint density at radius 2 is 2.06 bits per heavy atom. The van der Waals surface area contributed by atoms with Crippen molar-refractivity contribution < 1.29 is 4.79 Å². The van der Waals surface area contributed by atoms with Crippen molar-refractivity contribution in [3.63, 3.8) is 0 Å². The Labute approximate surface area is 112 Å². The van der Waals surface area contributed by atoms with E-state index in [2.05, 4.69) is 11.3 Å². The van der Waals surface area contributed by atoms with E-state index in [1.54, 1.807) is 0 Å². The van der Waals surface area contributed by atoms with Crippen LogP contribution in [0.5, 0.6) is 0 Å². The van der Waals surface area contributed by atoms with Crippen molar-refractivity contribution in [3.8, 4) is 0 Å². The number of amides is 1. The van der Waals surface area contributed by atoms with Crippen LogP contribution in [-0.2, 0) is 0 Å². The first-order valence-electron chi connectivity index (χ1n) is 6.96. The fourth-order valence-electron chi connectivity index (χ4n) is 3.23. The van der Waals surface area contributed by atoms with Crippen LogP contribution >= 0.6 is 11.5 Å². The minimum atomic E-state index is -0.287. The normalized spacial score (nSPS) is 28.3. The van der Waals surface area contributed by atoms with Gasteiger partial charge >= 0.3 is 0 Å². The molecule has 2 aliphatic carbocycles. The molecule has 2 unspecified atom stereocenters. The monoisotopic (exact) mass is 264 g/mol. The molecule has 0 radical (unpaired) electrons. The Morgan fingerprint density at radius 3 is 2.67 bits per heavy atom. The number of hydrogen-bond donors (Lipinski definition) is 1. The van der Waals surface area contributed by atoms with Gasteiger partial charge in [-0.25, -0.2) is 0 Å². The summed E-state index contributed by atoms with van der Waals surface area (Å²) in [6.45, 7) is 2.32. The van der Waals surface area contributed by atoms with Gasteiger partial charge in [0.05, 0.1) is 5.69 Å². The zero-order valence-corrected chi connectivity index (χ0v) is 11.6. The molecule has 2 aliphatic rings. The number of carbonyl (C=O) groups excluding carboxylic acids is 1. The molecule has 0 saturated heterocycles. The van der Waals surface area contributed by atoms with E-state index < -0.39 is 0 Å². The first kappa shape index (κ1) is 12.2. The van der Waals surface area contributed by atoms with Crippen LogP contribution in [0.2, 0.25) is 0 Å². The van der Waals surface area contributed by atoms with Crippen molar-refractivity contribution in [2.24, 2.45) is 11.7 Å². The van der Waals surface area contributed by atoms with Crippen LogP contribution in [0.1, 0.15) is 78.2 Å². The fraction of sp³-hybridized carbons (Fsp3) is 0.714. The highest BCUT2D eigenvalue weighted by molar-refractivity contribution is 7.08. The molecule has 0 spiro atoms. The van der Waals surface area contributed by atoms with E-state index in [4.69, 9.17) is 5.73 Å². The average Bonchev–Trinajstić information content (AvgIpc) is 3.07. The number of nitrogens with two attached hydrogens (primary N) is 1. The molecule has 18 heavy (non-hydrogen) atoms. The standard InChI is InChI=1S/C14H20N2OS/c1-8-3-2-4-10(7-8)12-11(9-5-6-9)13(14(15)17)18-16-12/h8-10H,2-7H2,1H3,(H2,15,17). The highest BCUT2D eigenvalue weighted by Gasteiger charge is 2.35. The predicted molar refractivity (Wildman–Crippen MR) is 73.0 cm³/mol. The van der Waals surface area contributed by atoms with Gasteiger partial charge in [0.25, 0.3) is 5.91 Å². The van der Waals surface area contributed by atoms with Crippen molar-refractivity contribution in [2.45, 2.75) is 57.3 Å². The summed E-state index contributed by atoms with van der Waals surface area (Å²) in [5, 5.41) is 0. The summed E-state index contributed by atoms with van der Waals surface area (Å²) in [5.74, 6) is 1.63. The van der Waals surface area contributed by atoms with Crippen molar-refractivity contribution in [2.75, 3.05) is 0 Å². The maximum atomic E-state index is 11.5. The number of carbonyl (C=O) groups is 1. The first-order valence-corrected chi connectivity index (χ1v) is 7.73. The third kappa shape index (κ3) is 2.18. The SMILES string of the molecule is CC1CCCC(c2nsc(C(N)=O)c2C2CC2)C1.